The molecule has 0 atom stereocenters. The summed E-state index contributed by atoms with van der Waals surface area (Å²) in [6.07, 6.45) is -5.57. The van der Waals surface area contributed by atoms with Crippen molar-refractivity contribution >= 4 is 28.7 Å². The number of fused-ring (bicyclic) bond motifs is 1. The van der Waals surface area contributed by atoms with Crippen LogP contribution < -0.4 is 11.1 Å². The number of amides is 1. The molecule has 16 heteroatoms. The summed E-state index contributed by atoms with van der Waals surface area (Å²) in [7, 11) is 0. The Labute approximate surface area is 234 Å². The zero-order chi connectivity index (χ0) is 31.3. The van der Waals surface area contributed by atoms with E-state index in [0.717, 1.165) is 17.6 Å². The van der Waals surface area contributed by atoms with Gasteiger partial charge in [0.05, 0.1) is 11.3 Å². The van der Waals surface area contributed by atoms with Crippen molar-refractivity contribution in [2.24, 2.45) is 11.1 Å². The summed E-state index contributed by atoms with van der Waals surface area (Å²) in [5.74, 6) is -5.97. The molecule has 0 unspecified atom stereocenters. The number of piperidine rings is 1. The predicted octanol–water partition coefficient (Wildman–Crippen LogP) is 3.58. The third kappa shape index (κ3) is 8.42. The number of nitrogens with one attached hydrogen (secondary N) is 1. The van der Waals surface area contributed by atoms with Gasteiger partial charge in [0.25, 0.3) is 5.91 Å². The summed E-state index contributed by atoms with van der Waals surface area (Å²) in [4.78, 5) is 31.9. The van der Waals surface area contributed by atoms with Crippen molar-refractivity contribution in [3.63, 3.8) is 0 Å². The molecular formula is C26H27F6N5O5. The molecule has 0 radical (unpaired) electrons. The largest absolute Gasteiger partial charge is 0.490 e. The number of benzene rings is 2. The maximum absolute atomic E-state index is 11.6. The topological polar surface area (TPSA) is 151 Å². The molecule has 3 aromatic rings. The van der Waals surface area contributed by atoms with Crippen LogP contribution in [0.4, 0.5) is 26.3 Å². The minimum absolute atomic E-state index is 0.452. The third-order valence-corrected chi connectivity index (χ3v) is 6.57. The minimum Gasteiger partial charge on any atom is -0.475 e. The molecular weight excluding hydrogens is 576 g/mol. The van der Waals surface area contributed by atoms with Crippen molar-refractivity contribution < 1.29 is 50.9 Å². The lowest BCUT2D eigenvalue weighted by Gasteiger charge is -2.52. The van der Waals surface area contributed by atoms with Crippen LogP contribution in [0, 0.1) is 5.41 Å². The summed E-state index contributed by atoms with van der Waals surface area (Å²) in [5.41, 5.74) is 9.38. The van der Waals surface area contributed by atoms with E-state index in [9.17, 15) is 31.1 Å². The van der Waals surface area contributed by atoms with Gasteiger partial charge in [-0.2, -0.15) is 31.4 Å². The number of nitrogens with zero attached hydrogens (tertiary/aromatic N) is 3. The molecule has 2 fully saturated rings. The van der Waals surface area contributed by atoms with Crippen molar-refractivity contribution in [2.75, 3.05) is 26.2 Å². The molecule has 1 amide bonds. The van der Waals surface area contributed by atoms with Gasteiger partial charge in [-0.05, 0) is 43.1 Å². The summed E-state index contributed by atoms with van der Waals surface area (Å²) in [6.45, 7) is 5.73. The number of carboxylic acids is 2. The molecule has 42 heavy (non-hydrogen) atoms. The quantitative estimate of drug-likeness (QED) is 0.331. The van der Waals surface area contributed by atoms with E-state index in [0.29, 0.717) is 16.5 Å². The first kappa shape index (κ1) is 32.3. The summed E-state index contributed by atoms with van der Waals surface area (Å²) >= 11 is 0. The number of hydrogen-bond donors (Lipinski definition) is 4. The van der Waals surface area contributed by atoms with E-state index >= 15 is 0 Å². The van der Waals surface area contributed by atoms with Crippen LogP contribution in [0.5, 0.6) is 0 Å². The fourth-order valence-corrected chi connectivity index (χ4v) is 4.70. The highest BCUT2D eigenvalue weighted by Gasteiger charge is 2.43. The molecule has 2 aromatic carbocycles. The maximum Gasteiger partial charge on any atom is 0.490 e. The van der Waals surface area contributed by atoms with E-state index in [2.05, 4.69) is 39.6 Å². The first-order valence-electron chi connectivity index (χ1n) is 12.4. The second-order valence-electron chi connectivity index (χ2n) is 9.88. The number of nitrogens with two attached hydrogens (primary N) is 1. The van der Waals surface area contributed by atoms with Crippen molar-refractivity contribution in [1.29, 1.82) is 0 Å². The van der Waals surface area contributed by atoms with Crippen molar-refractivity contribution in [3.05, 3.63) is 59.8 Å². The molecule has 10 nitrogen and oxygen atoms in total. The normalized spacial score (nSPS) is 16.4. The number of aliphatic carboxylic acids is 2. The van der Waals surface area contributed by atoms with Crippen LogP contribution in [-0.2, 0) is 16.1 Å². The van der Waals surface area contributed by atoms with Crippen molar-refractivity contribution in [3.8, 4) is 5.69 Å². The zero-order valence-corrected chi connectivity index (χ0v) is 21.9. The Kier molecular flexibility index (Phi) is 9.83. The van der Waals surface area contributed by atoms with Crippen LogP contribution in [0.25, 0.3) is 16.6 Å². The molecule has 1 spiro atoms. The minimum atomic E-state index is -5.08. The Bertz CT molecular complexity index is 1380. The van der Waals surface area contributed by atoms with Gasteiger partial charge < -0.3 is 21.3 Å². The Hall–Kier alpha value is -4.18. The SMILES string of the molecule is NC(=O)c1cccc2cn(-c3ccc(CN4CC5(CCCNC5)C4)cc3)nc12.O=C(O)C(F)(F)F.O=C(O)C(F)(F)F. The molecule has 1 aromatic heterocycles. The van der Waals surface area contributed by atoms with Crippen LogP contribution >= 0.6 is 0 Å². The molecule has 5 rings (SSSR count). The predicted molar refractivity (Wildman–Crippen MR) is 137 cm³/mol. The monoisotopic (exact) mass is 603 g/mol. The fraction of sp³-hybridized carbons (Fsp3) is 0.385. The van der Waals surface area contributed by atoms with E-state index in [1.54, 1.807) is 6.07 Å². The molecule has 0 bridgehead atoms. The number of alkyl halides is 6. The number of aromatic nitrogens is 2. The fourth-order valence-electron chi connectivity index (χ4n) is 4.70. The first-order chi connectivity index (χ1) is 19.5. The van der Waals surface area contributed by atoms with Crippen molar-refractivity contribution in [2.45, 2.75) is 31.7 Å². The highest BCUT2D eigenvalue weighted by atomic mass is 19.4. The first-order valence-corrected chi connectivity index (χ1v) is 12.4. The van der Waals surface area contributed by atoms with Gasteiger partial charge in [0.15, 0.2) is 0 Å². The zero-order valence-electron chi connectivity index (χ0n) is 21.9. The summed E-state index contributed by atoms with van der Waals surface area (Å²) in [6, 6.07) is 14.0. The molecule has 0 saturated carbocycles. The van der Waals surface area contributed by atoms with E-state index < -0.39 is 30.2 Å². The second-order valence-corrected chi connectivity index (χ2v) is 9.88. The van der Waals surface area contributed by atoms with Crippen LogP contribution in [-0.4, -0.2) is 81.3 Å². The summed E-state index contributed by atoms with van der Waals surface area (Å²) < 4.78 is 65.3. The Morgan fingerprint density at radius 3 is 2.00 bits per heavy atom. The molecule has 2 saturated heterocycles. The van der Waals surface area contributed by atoms with Gasteiger partial charge in [0.2, 0.25) is 0 Å². The van der Waals surface area contributed by atoms with E-state index in [1.165, 1.54) is 44.6 Å². The summed E-state index contributed by atoms with van der Waals surface area (Å²) in [5, 5.41) is 23.3. The van der Waals surface area contributed by atoms with Crippen LogP contribution in [0.2, 0.25) is 0 Å². The second kappa shape index (κ2) is 12.8. The van der Waals surface area contributed by atoms with E-state index in [1.807, 2.05) is 23.0 Å². The smallest absolute Gasteiger partial charge is 0.475 e. The average Bonchev–Trinajstić information content (AvgIpc) is 3.33. The molecule has 2 aliphatic rings. The highest BCUT2D eigenvalue weighted by molar-refractivity contribution is 6.04. The van der Waals surface area contributed by atoms with Gasteiger partial charge in [0, 0.05) is 43.2 Å². The van der Waals surface area contributed by atoms with Crippen LogP contribution in [0.15, 0.2) is 48.7 Å². The number of halogens is 6. The molecule has 3 heterocycles. The Morgan fingerprint density at radius 2 is 1.52 bits per heavy atom. The lowest BCUT2D eigenvalue weighted by Crippen LogP contribution is -2.61. The third-order valence-electron chi connectivity index (χ3n) is 6.57. The van der Waals surface area contributed by atoms with Gasteiger partial charge in [0.1, 0.15) is 5.52 Å². The number of carbonyl (C=O) groups excluding carboxylic acids is 1. The number of likely N-dealkylation sites (tertiary alicyclic amines) is 1. The molecule has 2 aliphatic heterocycles. The number of rotatable bonds is 4. The van der Waals surface area contributed by atoms with E-state index in [-0.39, 0.29) is 0 Å². The molecule has 0 aliphatic carbocycles. The number of hydrogen-bond acceptors (Lipinski definition) is 6. The number of carboxylic acid groups (broad SMARTS) is 2. The molecule has 5 N–H and O–H groups in total. The Morgan fingerprint density at radius 1 is 0.952 bits per heavy atom. The lowest BCUT2D eigenvalue weighted by molar-refractivity contribution is -0.193. The molecule has 228 valence electrons. The highest BCUT2D eigenvalue weighted by Crippen LogP contribution is 2.37. The van der Waals surface area contributed by atoms with Crippen LogP contribution in [0.3, 0.4) is 0 Å². The van der Waals surface area contributed by atoms with E-state index in [4.69, 9.17) is 25.5 Å². The van der Waals surface area contributed by atoms with Gasteiger partial charge in [-0.3, -0.25) is 9.69 Å². The van der Waals surface area contributed by atoms with Crippen LogP contribution in [0.1, 0.15) is 28.8 Å². The maximum atomic E-state index is 11.6. The standard InChI is InChI=1S/C22H25N5O.2C2HF3O2/c23-21(28)19-4-1-3-17-12-27(25-20(17)19)18-7-5-16(6-8-18)11-26-14-22(15-26)9-2-10-24-13-22;2*3-2(4,5)1(6)7/h1,3-8,12,24H,2,9-11,13-15H2,(H2,23,28);2*(H,6,7). The van der Waals surface area contributed by atoms with Crippen molar-refractivity contribution in [1.82, 2.24) is 20.0 Å². The van der Waals surface area contributed by atoms with Gasteiger partial charge >= 0.3 is 24.3 Å². The van der Waals surface area contributed by atoms with Gasteiger partial charge in [-0.1, -0.05) is 24.3 Å². The van der Waals surface area contributed by atoms with Gasteiger partial charge in [-0.25, -0.2) is 14.3 Å². The van der Waals surface area contributed by atoms with Gasteiger partial charge in [-0.15, -0.1) is 0 Å². The number of primary amides is 1. The average molecular weight is 604 g/mol. The lowest BCUT2D eigenvalue weighted by atomic mass is 9.74. The Balaban J connectivity index is 0.000000289. The number of carbonyl (C=O) groups is 3.